The predicted octanol–water partition coefficient (Wildman–Crippen LogP) is 3.69. The van der Waals surface area contributed by atoms with Gasteiger partial charge in [-0.15, -0.1) is 11.3 Å². The second-order valence-corrected chi connectivity index (χ2v) is 7.99. The quantitative estimate of drug-likeness (QED) is 0.668. The first-order valence-electron chi connectivity index (χ1n) is 9.36. The van der Waals surface area contributed by atoms with Crippen molar-refractivity contribution >= 4 is 11.3 Å². The second kappa shape index (κ2) is 9.40. The van der Waals surface area contributed by atoms with Gasteiger partial charge in [0.05, 0.1) is 14.2 Å². The van der Waals surface area contributed by atoms with Crippen molar-refractivity contribution in [2.45, 2.75) is 25.8 Å². The van der Waals surface area contributed by atoms with Crippen molar-refractivity contribution in [1.82, 2.24) is 9.80 Å². The third-order valence-corrected chi connectivity index (χ3v) is 6.15. The first-order chi connectivity index (χ1) is 12.7. The summed E-state index contributed by atoms with van der Waals surface area (Å²) in [6.45, 7) is 5.73. The number of nitrogens with zero attached hydrogens (tertiary/aromatic N) is 2. The Morgan fingerprint density at radius 3 is 2.77 bits per heavy atom. The molecule has 142 valence electrons. The molecule has 0 saturated heterocycles. The molecule has 2 heterocycles. The normalized spacial score (nSPS) is 14.5. The maximum Gasteiger partial charge on any atom is 0.160 e. The van der Waals surface area contributed by atoms with E-state index in [-0.39, 0.29) is 0 Å². The van der Waals surface area contributed by atoms with Gasteiger partial charge >= 0.3 is 0 Å². The highest BCUT2D eigenvalue weighted by molar-refractivity contribution is 7.10. The number of benzene rings is 1. The lowest BCUT2D eigenvalue weighted by molar-refractivity contribution is 0.232. The molecule has 1 aromatic carbocycles. The van der Waals surface area contributed by atoms with E-state index in [1.54, 1.807) is 24.7 Å². The van der Waals surface area contributed by atoms with Gasteiger partial charge in [0, 0.05) is 24.5 Å². The second-order valence-electron chi connectivity index (χ2n) is 6.99. The third-order valence-electron chi connectivity index (χ3n) is 5.13. The smallest absolute Gasteiger partial charge is 0.160 e. The van der Waals surface area contributed by atoms with Crippen LogP contribution in [0, 0.1) is 0 Å². The number of likely N-dealkylation sites (N-methyl/N-ethyl adjacent to an activating group) is 1. The average molecular weight is 375 g/mol. The van der Waals surface area contributed by atoms with Crippen LogP contribution in [0.25, 0.3) is 0 Å². The van der Waals surface area contributed by atoms with Crippen LogP contribution in [-0.4, -0.2) is 57.2 Å². The topological polar surface area (TPSA) is 24.9 Å². The monoisotopic (exact) mass is 374 g/mol. The van der Waals surface area contributed by atoms with Crippen LogP contribution in [0.2, 0.25) is 0 Å². The zero-order valence-corrected chi connectivity index (χ0v) is 17.0. The fourth-order valence-corrected chi connectivity index (χ4v) is 4.42. The SMILES string of the molecule is COc1ccc(CCN(C)CCCN2CCc3sccc3C2)cc1OC. The summed E-state index contributed by atoms with van der Waals surface area (Å²) in [5.41, 5.74) is 2.83. The zero-order valence-electron chi connectivity index (χ0n) is 16.2. The highest BCUT2D eigenvalue weighted by Gasteiger charge is 2.16. The van der Waals surface area contributed by atoms with Crippen LogP contribution in [0.15, 0.2) is 29.6 Å². The number of methoxy groups -OCH3 is 2. The number of rotatable bonds is 9. The van der Waals surface area contributed by atoms with E-state index in [0.717, 1.165) is 37.6 Å². The number of hydrogen-bond acceptors (Lipinski definition) is 5. The lowest BCUT2D eigenvalue weighted by Crippen LogP contribution is -2.32. The van der Waals surface area contributed by atoms with Gasteiger partial charge in [-0.1, -0.05) is 6.07 Å². The summed E-state index contributed by atoms with van der Waals surface area (Å²) in [6, 6.07) is 8.49. The van der Waals surface area contributed by atoms with Gasteiger partial charge in [0.1, 0.15) is 0 Å². The van der Waals surface area contributed by atoms with Crippen LogP contribution in [0.1, 0.15) is 22.4 Å². The molecule has 0 spiro atoms. The summed E-state index contributed by atoms with van der Waals surface area (Å²) >= 11 is 1.91. The van der Waals surface area contributed by atoms with Gasteiger partial charge in [-0.05, 0) is 74.1 Å². The number of hydrogen-bond donors (Lipinski definition) is 0. The molecule has 4 nitrogen and oxygen atoms in total. The highest BCUT2D eigenvalue weighted by atomic mass is 32.1. The molecule has 1 aliphatic heterocycles. The number of thiophene rings is 1. The van der Waals surface area contributed by atoms with E-state index in [1.165, 1.54) is 31.5 Å². The molecule has 0 atom stereocenters. The van der Waals surface area contributed by atoms with Gasteiger partial charge in [-0.25, -0.2) is 0 Å². The summed E-state index contributed by atoms with van der Waals surface area (Å²) in [5.74, 6) is 1.60. The molecule has 0 unspecified atom stereocenters. The Kier molecular flexibility index (Phi) is 6.94. The van der Waals surface area contributed by atoms with Crippen molar-refractivity contribution in [3.8, 4) is 11.5 Å². The fourth-order valence-electron chi connectivity index (χ4n) is 3.53. The molecular weight excluding hydrogens is 344 g/mol. The molecule has 1 aromatic heterocycles. The van der Waals surface area contributed by atoms with E-state index in [9.17, 15) is 0 Å². The molecule has 0 aliphatic carbocycles. The molecule has 0 fully saturated rings. The predicted molar refractivity (Wildman–Crippen MR) is 109 cm³/mol. The van der Waals surface area contributed by atoms with Crippen LogP contribution < -0.4 is 9.47 Å². The van der Waals surface area contributed by atoms with Gasteiger partial charge < -0.3 is 14.4 Å². The van der Waals surface area contributed by atoms with E-state index >= 15 is 0 Å². The lowest BCUT2D eigenvalue weighted by atomic mass is 10.1. The summed E-state index contributed by atoms with van der Waals surface area (Å²) in [7, 11) is 5.58. The van der Waals surface area contributed by atoms with Crippen molar-refractivity contribution in [2.24, 2.45) is 0 Å². The van der Waals surface area contributed by atoms with Crippen molar-refractivity contribution in [2.75, 3.05) is 47.4 Å². The minimum absolute atomic E-state index is 0.792. The molecule has 2 aromatic rings. The molecule has 3 rings (SSSR count). The maximum absolute atomic E-state index is 5.39. The Bertz CT molecular complexity index is 701. The Labute approximate surface area is 161 Å². The van der Waals surface area contributed by atoms with E-state index < -0.39 is 0 Å². The lowest BCUT2D eigenvalue weighted by Gasteiger charge is -2.27. The van der Waals surface area contributed by atoms with Crippen LogP contribution in [0.3, 0.4) is 0 Å². The molecule has 1 aliphatic rings. The van der Waals surface area contributed by atoms with Crippen LogP contribution in [-0.2, 0) is 19.4 Å². The summed E-state index contributed by atoms with van der Waals surface area (Å²) < 4.78 is 10.7. The van der Waals surface area contributed by atoms with E-state index in [4.69, 9.17) is 9.47 Å². The number of ether oxygens (including phenoxy) is 2. The Morgan fingerprint density at radius 1 is 1.12 bits per heavy atom. The standard InChI is InChI=1S/C21H30N2O2S/c1-22(12-7-17-5-6-19(24-2)20(15-17)25-3)10-4-11-23-13-8-21-18(16-23)9-14-26-21/h5-6,9,14-15H,4,7-8,10-13,16H2,1-3H3. The van der Waals surface area contributed by atoms with E-state index in [0.29, 0.717) is 0 Å². The zero-order chi connectivity index (χ0) is 18.4. The molecule has 0 amide bonds. The molecule has 0 saturated carbocycles. The third kappa shape index (κ3) is 5.00. The first-order valence-corrected chi connectivity index (χ1v) is 10.2. The highest BCUT2D eigenvalue weighted by Crippen LogP contribution is 2.27. The van der Waals surface area contributed by atoms with Crippen LogP contribution in [0.5, 0.6) is 11.5 Å². The summed E-state index contributed by atoms with van der Waals surface area (Å²) in [6.07, 6.45) is 3.48. The first kappa shape index (κ1) is 19.2. The van der Waals surface area contributed by atoms with Crippen molar-refractivity contribution in [3.63, 3.8) is 0 Å². The van der Waals surface area contributed by atoms with Crippen molar-refractivity contribution in [1.29, 1.82) is 0 Å². The van der Waals surface area contributed by atoms with Gasteiger partial charge in [0.25, 0.3) is 0 Å². The van der Waals surface area contributed by atoms with E-state index in [1.807, 2.05) is 17.4 Å². The maximum atomic E-state index is 5.39. The average Bonchev–Trinajstić information content (AvgIpc) is 3.14. The molecule has 0 radical (unpaired) electrons. The van der Waals surface area contributed by atoms with Gasteiger partial charge in [0.2, 0.25) is 0 Å². The van der Waals surface area contributed by atoms with Crippen molar-refractivity contribution in [3.05, 3.63) is 45.6 Å². The molecular formula is C21H30N2O2S. The van der Waals surface area contributed by atoms with Crippen LogP contribution >= 0.6 is 11.3 Å². The Hall–Kier alpha value is -1.56. The van der Waals surface area contributed by atoms with Crippen LogP contribution in [0.4, 0.5) is 0 Å². The minimum Gasteiger partial charge on any atom is -0.493 e. The largest absolute Gasteiger partial charge is 0.493 e. The van der Waals surface area contributed by atoms with Gasteiger partial charge in [-0.3, -0.25) is 4.90 Å². The minimum atomic E-state index is 0.792. The fraction of sp³-hybridized carbons (Fsp3) is 0.524. The molecule has 0 N–H and O–H groups in total. The van der Waals surface area contributed by atoms with Gasteiger partial charge in [0.15, 0.2) is 11.5 Å². The molecule has 26 heavy (non-hydrogen) atoms. The molecule has 0 bridgehead atoms. The summed E-state index contributed by atoms with van der Waals surface area (Å²) in [5, 5.41) is 2.23. The van der Waals surface area contributed by atoms with Gasteiger partial charge in [-0.2, -0.15) is 0 Å². The Morgan fingerprint density at radius 2 is 1.96 bits per heavy atom. The number of fused-ring (bicyclic) bond motifs is 1. The molecule has 5 heteroatoms. The van der Waals surface area contributed by atoms with E-state index in [2.05, 4.69) is 40.4 Å². The Balaban J connectivity index is 1.37. The van der Waals surface area contributed by atoms with Crippen molar-refractivity contribution < 1.29 is 9.47 Å². The summed E-state index contributed by atoms with van der Waals surface area (Å²) in [4.78, 5) is 6.61.